The third-order valence-corrected chi connectivity index (χ3v) is 2.89. The van der Waals surface area contributed by atoms with Crippen molar-refractivity contribution in [3.05, 3.63) is 84.1 Å². The molecule has 0 spiro atoms. The molecule has 0 saturated heterocycles. The largest absolute Gasteiger partial charge is 0.404 e. The third kappa shape index (κ3) is 2.89. The Bertz CT molecular complexity index is 551. The van der Waals surface area contributed by atoms with E-state index in [1.54, 1.807) is 6.20 Å². The quantitative estimate of drug-likeness (QED) is 0.797. The van der Waals surface area contributed by atoms with Crippen molar-refractivity contribution in [2.45, 2.75) is 6.92 Å². The van der Waals surface area contributed by atoms with Crippen molar-refractivity contribution in [1.29, 1.82) is 0 Å². The van der Waals surface area contributed by atoms with Gasteiger partial charge in [0.1, 0.15) is 0 Å². The summed E-state index contributed by atoms with van der Waals surface area (Å²) in [6.07, 6.45) is 3.77. The molecular formula is C17H17N. The van der Waals surface area contributed by atoms with Gasteiger partial charge in [-0.3, -0.25) is 0 Å². The Morgan fingerprint density at radius 3 is 1.83 bits per heavy atom. The Morgan fingerprint density at radius 1 is 0.833 bits per heavy atom. The first-order chi connectivity index (χ1) is 8.81. The molecule has 2 aromatic rings. The van der Waals surface area contributed by atoms with Gasteiger partial charge in [0.2, 0.25) is 0 Å². The molecule has 0 bridgehead atoms. The minimum absolute atomic E-state index is 1.04. The first kappa shape index (κ1) is 12.2. The van der Waals surface area contributed by atoms with Gasteiger partial charge in [-0.15, -0.1) is 0 Å². The van der Waals surface area contributed by atoms with Crippen LogP contribution in [-0.4, -0.2) is 0 Å². The molecule has 0 heterocycles. The van der Waals surface area contributed by atoms with Crippen molar-refractivity contribution >= 4 is 11.1 Å². The van der Waals surface area contributed by atoms with Gasteiger partial charge in [-0.05, 0) is 35.3 Å². The minimum atomic E-state index is 1.04. The van der Waals surface area contributed by atoms with Crippen molar-refractivity contribution in [2.24, 2.45) is 5.73 Å². The van der Waals surface area contributed by atoms with Crippen LogP contribution in [0.2, 0.25) is 0 Å². The number of allylic oxidation sites excluding steroid dienone is 3. The average Bonchev–Trinajstić information content (AvgIpc) is 2.46. The van der Waals surface area contributed by atoms with E-state index < -0.39 is 0 Å². The predicted molar refractivity (Wildman–Crippen MR) is 78.7 cm³/mol. The zero-order valence-corrected chi connectivity index (χ0v) is 10.5. The fourth-order valence-corrected chi connectivity index (χ4v) is 1.88. The van der Waals surface area contributed by atoms with Gasteiger partial charge >= 0.3 is 0 Å². The predicted octanol–water partition coefficient (Wildman–Crippen LogP) is 4.09. The molecule has 2 rings (SSSR count). The van der Waals surface area contributed by atoms with Gasteiger partial charge in [0.05, 0.1) is 0 Å². The van der Waals surface area contributed by atoms with Crippen LogP contribution >= 0.6 is 0 Å². The molecule has 18 heavy (non-hydrogen) atoms. The lowest BCUT2D eigenvalue weighted by atomic mass is 10.0. The Labute approximate surface area is 108 Å². The SMILES string of the molecule is C/C(=C\C(=C/N)c1ccccc1)c1ccccc1. The molecule has 2 aromatic carbocycles. The summed E-state index contributed by atoms with van der Waals surface area (Å²) in [5.41, 5.74) is 10.3. The van der Waals surface area contributed by atoms with E-state index in [0.29, 0.717) is 0 Å². The first-order valence-electron chi connectivity index (χ1n) is 6.02. The Hall–Kier alpha value is -2.28. The summed E-state index contributed by atoms with van der Waals surface area (Å²) in [5.74, 6) is 0. The highest BCUT2D eigenvalue weighted by atomic mass is 14.5. The number of hydrogen-bond donors (Lipinski definition) is 1. The van der Waals surface area contributed by atoms with Crippen LogP contribution in [-0.2, 0) is 0 Å². The van der Waals surface area contributed by atoms with Crippen LogP contribution in [0.5, 0.6) is 0 Å². The van der Waals surface area contributed by atoms with Gasteiger partial charge in [-0.1, -0.05) is 60.7 Å². The van der Waals surface area contributed by atoms with E-state index in [1.807, 2.05) is 36.4 Å². The van der Waals surface area contributed by atoms with Gasteiger partial charge in [0, 0.05) is 6.20 Å². The topological polar surface area (TPSA) is 26.0 Å². The van der Waals surface area contributed by atoms with Crippen molar-refractivity contribution in [1.82, 2.24) is 0 Å². The van der Waals surface area contributed by atoms with Crippen LogP contribution in [0.25, 0.3) is 11.1 Å². The van der Waals surface area contributed by atoms with E-state index in [0.717, 1.165) is 11.1 Å². The molecule has 2 N–H and O–H groups in total. The summed E-state index contributed by atoms with van der Waals surface area (Å²) >= 11 is 0. The smallest absolute Gasteiger partial charge is 0.00176 e. The highest BCUT2D eigenvalue weighted by molar-refractivity contribution is 5.82. The molecular weight excluding hydrogens is 218 g/mol. The van der Waals surface area contributed by atoms with Gasteiger partial charge in [0.15, 0.2) is 0 Å². The minimum Gasteiger partial charge on any atom is -0.404 e. The molecule has 0 aliphatic carbocycles. The van der Waals surface area contributed by atoms with E-state index in [-0.39, 0.29) is 0 Å². The molecule has 0 atom stereocenters. The zero-order chi connectivity index (χ0) is 12.8. The van der Waals surface area contributed by atoms with Crippen molar-refractivity contribution in [3.8, 4) is 0 Å². The van der Waals surface area contributed by atoms with Crippen LogP contribution in [0.4, 0.5) is 0 Å². The van der Waals surface area contributed by atoms with E-state index in [4.69, 9.17) is 5.73 Å². The number of hydrogen-bond acceptors (Lipinski definition) is 1. The normalized spacial score (nSPS) is 12.5. The maximum absolute atomic E-state index is 5.72. The molecule has 0 aliphatic heterocycles. The number of benzene rings is 2. The fraction of sp³-hybridized carbons (Fsp3) is 0.0588. The second kappa shape index (κ2) is 5.87. The maximum Gasteiger partial charge on any atom is 0.00176 e. The van der Waals surface area contributed by atoms with Crippen LogP contribution < -0.4 is 5.73 Å². The lowest BCUT2D eigenvalue weighted by molar-refractivity contribution is 1.53. The lowest BCUT2D eigenvalue weighted by Gasteiger charge is -2.05. The summed E-state index contributed by atoms with van der Waals surface area (Å²) in [6, 6.07) is 20.5. The first-order valence-corrected chi connectivity index (χ1v) is 6.02. The monoisotopic (exact) mass is 235 g/mol. The second-order valence-corrected chi connectivity index (χ2v) is 4.18. The average molecular weight is 235 g/mol. The van der Waals surface area contributed by atoms with Crippen molar-refractivity contribution in [3.63, 3.8) is 0 Å². The molecule has 0 aliphatic rings. The van der Waals surface area contributed by atoms with Crippen LogP contribution in [0.15, 0.2) is 72.9 Å². The molecule has 1 heteroatoms. The summed E-state index contributed by atoms with van der Waals surface area (Å²) < 4.78 is 0. The van der Waals surface area contributed by atoms with Crippen molar-refractivity contribution < 1.29 is 0 Å². The standard InChI is InChI=1S/C17H17N/c1-14(15-8-4-2-5-9-15)12-17(13-18)16-10-6-3-7-11-16/h2-13H,18H2,1H3/b14-12+,17-13+. The maximum atomic E-state index is 5.72. The molecule has 0 fully saturated rings. The summed E-state index contributed by atoms with van der Waals surface area (Å²) in [4.78, 5) is 0. The van der Waals surface area contributed by atoms with Crippen LogP contribution in [0.1, 0.15) is 18.1 Å². The number of rotatable bonds is 3. The second-order valence-electron chi connectivity index (χ2n) is 4.18. The van der Waals surface area contributed by atoms with Gasteiger partial charge in [-0.2, -0.15) is 0 Å². The Kier molecular flexibility index (Phi) is 3.98. The zero-order valence-electron chi connectivity index (χ0n) is 10.5. The van der Waals surface area contributed by atoms with Gasteiger partial charge < -0.3 is 5.73 Å². The van der Waals surface area contributed by atoms with E-state index >= 15 is 0 Å². The molecule has 90 valence electrons. The van der Waals surface area contributed by atoms with E-state index in [2.05, 4.69) is 37.3 Å². The lowest BCUT2D eigenvalue weighted by Crippen LogP contribution is -1.88. The van der Waals surface area contributed by atoms with E-state index in [1.165, 1.54) is 11.1 Å². The summed E-state index contributed by atoms with van der Waals surface area (Å²) in [6.45, 7) is 2.10. The summed E-state index contributed by atoms with van der Waals surface area (Å²) in [7, 11) is 0. The highest BCUT2D eigenvalue weighted by Gasteiger charge is 1.99. The van der Waals surface area contributed by atoms with Crippen LogP contribution in [0, 0.1) is 0 Å². The van der Waals surface area contributed by atoms with Crippen molar-refractivity contribution in [2.75, 3.05) is 0 Å². The van der Waals surface area contributed by atoms with Crippen LogP contribution in [0.3, 0.4) is 0 Å². The molecule has 0 saturated carbocycles. The summed E-state index contributed by atoms with van der Waals surface area (Å²) in [5, 5.41) is 0. The molecule has 0 aromatic heterocycles. The molecule has 0 amide bonds. The third-order valence-electron chi connectivity index (χ3n) is 2.89. The van der Waals surface area contributed by atoms with Gasteiger partial charge in [-0.25, -0.2) is 0 Å². The highest BCUT2D eigenvalue weighted by Crippen LogP contribution is 2.21. The molecule has 1 nitrogen and oxygen atoms in total. The number of nitrogens with two attached hydrogens (primary N) is 1. The van der Waals surface area contributed by atoms with Gasteiger partial charge in [0.25, 0.3) is 0 Å². The fourth-order valence-electron chi connectivity index (χ4n) is 1.88. The molecule has 0 unspecified atom stereocenters. The molecule has 0 radical (unpaired) electrons. The van der Waals surface area contributed by atoms with E-state index in [9.17, 15) is 0 Å². The Balaban J connectivity index is 2.32. The Morgan fingerprint density at radius 2 is 1.33 bits per heavy atom.